The van der Waals surface area contributed by atoms with Crippen LogP contribution >= 0.6 is 0 Å². The number of fused-ring (bicyclic) bond motifs is 1. The van der Waals surface area contributed by atoms with Crippen molar-refractivity contribution >= 4 is 5.78 Å². The quantitative estimate of drug-likeness (QED) is 0.798. The molecule has 0 radical (unpaired) electrons. The maximum Gasteiger partial charge on any atom is 0.167 e. The minimum absolute atomic E-state index is 0.0427. The lowest BCUT2D eigenvalue weighted by molar-refractivity contribution is 0.0818. The molecule has 0 spiro atoms. The number of carbonyl (C=O) groups excluding carboxylic acids is 1. The molecule has 2 nitrogen and oxygen atoms in total. The highest BCUT2D eigenvalue weighted by Gasteiger charge is 2.33. The summed E-state index contributed by atoms with van der Waals surface area (Å²) in [6.45, 7) is 3.06. The zero-order chi connectivity index (χ0) is 14.8. The van der Waals surface area contributed by atoms with Gasteiger partial charge in [0.15, 0.2) is 5.78 Å². The Morgan fingerprint density at radius 2 is 1.76 bits per heavy atom. The van der Waals surface area contributed by atoms with Crippen molar-refractivity contribution in [3.8, 4) is 0 Å². The van der Waals surface area contributed by atoms with Crippen LogP contribution in [0.5, 0.6) is 0 Å². The van der Waals surface area contributed by atoms with Gasteiger partial charge in [0, 0.05) is 24.1 Å². The molecule has 1 aliphatic rings. The molecule has 0 saturated heterocycles. The fourth-order valence-electron chi connectivity index (χ4n) is 3.38. The molecule has 1 aliphatic heterocycles. The average Bonchev–Trinajstić information content (AvgIpc) is 2.54. The molecule has 21 heavy (non-hydrogen) atoms. The number of ketones is 1. The van der Waals surface area contributed by atoms with Gasteiger partial charge in [0.05, 0.1) is 0 Å². The minimum Gasteiger partial charge on any atom is -0.298 e. The molecular formula is C19H21NO. The first-order valence-corrected chi connectivity index (χ1v) is 7.56. The summed E-state index contributed by atoms with van der Waals surface area (Å²) in [7, 11) is 2.12. The molecule has 2 aromatic rings. The summed E-state index contributed by atoms with van der Waals surface area (Å²) < 4.78 is 0. The van der Waals surface area contributed by atoms with Crippen LogP contribution < -0.4 is 0 Å². The molecule has 2 heteroatoms. The molecule has 0 saturated carbocycles. The summed E-state index contributed by atoms with van der Waals surface area (Å²) in [4.78, 5) is 15.1. The average molecular weight is 279 g/mol. The molecule has 0 N–H and O–H groups in total. The van der Waals surface area contributed by atoms with Crippen LogP contribution in [0, 0.1) is 5.92 Å². The second-order valence-corrected chi connectivity index (χ2v) is 5.89. The third-order valence-electron chi connectivity index (χ3n) is 4.53. The number of benzene rings is 2. The van der Waals surface area contributed by atoms with E-state index in [1.807, 2.05) is 30.3 Å². The fourth-order valence-corrected chi connectivity index (χ4v) is 3.38. The molecule has 0 aliphatic carbocycles. The lowest BCUT2D eigenvalue weighted by Gasteiger charge is -2.37. The smallest absolute Gasteiger partial charge is 0.167 e. The van der Waals surface area contributed by atoms with Crippen LogP contribution in [-0.4, -0.2) is 24.3 Å². The summed E-state index contributed by atoms with van der Waals surface area (Å²) in [5.41, 5.74) is 3.50. The van der Waals surface area contributed by atoms with Gasteiger partial charge in [0.2, 0.25) is 0 Å². The molecule has 2 unspecified atom stereocenters. The molecule has 3 rings (SSSR count). The number of Topliss-reactive ketones (excluding diaryl/α,β-unsaturated/α-hetero) is 1. The van der Waals surface area contributed by atoms with Gasteiger partial charge < -0.3 is 0 Å². The number of likely N-dealkylation sites (N-methyl/N-ethyl adjacent to an activating group) is 1. The van der Waals surface area contributed by atoms with Crippen molar-refractivity contribution in [2.45, 2.75) is 19.4 Å². The SMILES string of the molecule is CC(C(=O)c1ccccc1)C1c2ccccc2CCN1C. The van der Waals surface area contributed by atoms with Gasteiger partial charge in [-0.15, -0.1) is 0 Å². The van der Waals surface area contributed by atoms with E-state index in [9.17, 15) is 4.79 Å². The first-order valence-electron chi connectivity index (χ1n) is 7.56. The monoisotopic (exact) mass is 279 g/mol. The van der Waals surface area contributed by atoms with Gasteiger partial charge in [0.25, 0.3) is 0 Å². The summed E-state index contributed by atoms with van der Waals surface area (Å²) in [5.74, 6) is 0.183. The highest BCUT2D eigenvalue weighted by Crippen LogP contribution is 2.35. The van der Waals surface area contributed by atoms with Crippen molar-refractivity contribution in [1.82, 2.24) is 4.90 Å². The maximum atomic E-state index is 12.8. The minimum atomic E-state index is -0.0427. The molecule has 0 fully saturated rings. The standard InChI is InChI=1S/C19H21NO/c1-14(19(21)16-9-4-3-5-10-16)18-17-11-7-6-8-15(17)12-13-20(18)2/h3-11,14,18H,12-13H2,1-2H3. The normalized spacial score (nSPS) is 19.8. The Morgan fingerprint density at radius 3 is 2.52 bits per heavy atom. The second kappa shape index (κ2) is 5.82. The molecule has 108 valence electrons. The third kappa shape index (κ3) is 2.64. The summed E-state index contributed by atoms with van der Waals surface area (Å²) in [6.07, 6.45) is 1.06. The Hall–Kier alpha value is -1.93. The first kappa shape index (κ1) is 14.0. The Labute approximate surface area is 126 Å². The zero-order valence-corrected chi connectivity index (χ0v) is 12.6. The van der Waals surface area contributed by atoms with Crippen molar-refractivity contribution in [2.24, 2.45) is 5.92 Å². The van der Waals surface area contributed by atoms with Gasteiger partial charge >= 0.3 is 0 Å². The number of rotatable bonds is 3. The van der Waals surface area contributed by atoms with Gasteiger partial charge in [-0.05, 0) is 24.6 Å². The van der Waals surface area contributed by atoms with Crippen molar-refractivity contribution < 1.29 is 4.79 Å². The van der Waals surface area contributed by atoms with Crippen LogP contribution in [0.1, 0.15) is 34.5 Å². The van der Waals surface area contributed by atoms with Crippen LogP contribution in [0.15, 0.2) is 54.6 Å². The predicted molar refractivity (Wildman–Crippen MR) is 85.5 cm³/mol. The van der Waals surface area contributed by atoms with Gasteiger partial charge in [0.1, 0.15) is 0 Å². The molecule has 1 heterocycles. The van der Waals surface area contributed by atoms with E-state index in [1.54, 1.807) is 0 Å². The lowest BCUT2D eigenvalue weighted by Crippen LogP contribution is -2.38. The summed E-state index contributed by atoms with van der Waals surface area (Å²) in [5, 5.41) is 0. The summed E-state index contributed by atoms with van der Waals surface area (Å²) >= 11 is 0. The molecular weight excluding hydrogens is 258 g/mol. The number of hydrogen-bond donors (Lipinski definition) is 0. The van der Waals surface area contributed by atoms with E-state index in [0.717, 1.165) is 18.5 Å². The third-order valence-corrected chi connectivity index (χ3v) is 4.53. The van der Waals surface area contributed by atoms with Crippen LogP contribution in [0.3, 0.4) is 0 Å². The second-order valence-electron chi connectivity index (χ2n) is 5.89. The van der Waals surface area contributed by atoms with E-state index in [0.29, 0.717) is 0 Å². The lowest BCUT2D eigenvalue weighted by atomic mass is 9.82. The number of nitrogens with zero attached hydrogens (tertiary/aromatic N) is 1. The van der Waals surface area contributed by atoms with E-state index in [2.05, 4.69) is 43.1 Å². The van der Waals surface area contributed by atoms with Gasteiger partial charge in [-0.1, -0.05) is 61.5 Å². The molecule has 2 atom stereocenters. The van der Waals surface area contributed by atoms with Crippen molar-refractivity contribution in [1.29, 1.82) is 0 Å². The van der Waals surface area contributed by atoms with Gasteiger partial charge in [-0.2, -0.15) is 0 Å². The topological polar surface area (TPSA) is 20.3 Å². The number of hydrogen-bond acceptors (Lipinski definition) is 2. The Kier molecular flexibility index (Phi) is 3.89. The predicted octanol–water partition coefficient (Wildman–Crippen LogP) is 3.73. The first-order chi connectivity index (χ1) is 10.2. The Bertz CT molecular complexity index is 635. The van der Waals surface area contributed by atoms with Crippen molar-refractivity contribution in [2.75, 3.05) is 13.6 Å². The highest BCUT2D eigenvalue weighted by molar-refractivity contribution is 5.98. The van der Waals surface area contributed by atoms with Crippen LogP contribution in [0.2, 0.25) is 0 Å². The Morgan fingerprint density at radius 1 is 1.10 bits per heavy atom. The largest absolute Gasteiger partial charge is 0.298 e. The number of carbonyl (C=O) groups is 1. The molecule has 0 amide bonds. The van der Waals surface area contributed by atoms with Gasteiger partial charge in [-0.25, -0.2) is 0 Å². The molecule has 2 aromatic carbocycles. The van der Waals surface area contributed by atoms with E-state index in [-0.39, 0.29) is 17.7 Å². The van der Waals surface area contributed by atoms with Crippen molar-refractivity contribution in [3.63, 3.8) is 0 Å². The van der Waals surface area contributed by atoms with E-state index in [1.165, 1.54) is 11.1 Å². The fraction of sp³-hybridized carbons (Fsp3) is 0.316. The summed E-state index contributed by atoms with van der Waals surface area (Å²) in [6, 6.07) is 18.3. The van der Waals surface area contributed by atoms with Crippen LogP contribution in [0.25, 0.3) is 0 Å². The maximum absolute atomic E-state index is 12.8. The van der Waals surface area contributed by atoms with Crippen molar-refractivity contribution in [3.05, 3.63) is 71.3 Å². The van der Waals surface area contributed by atoms with Crippen LogP contribution in [-0.2, 0) is 6.42 Å². The molecule has 0 aromatic heterocycles. The molecule has 0 bridgehead atoms. The zero-order valence-electron chi connectivity index (χ0n) is 12.6. The van der Waals surface area contributed by atoms with Crippen LogP contribution in [0.4, 0.5) is 0 Å². The van der Waals surface area contributed by atoms with E-state index in [4.69, 9.17) is 0 Å². The van der Waals surface area contributed by atoms with Gasteiger partial charge in [-0.3, -0.25) is 9.69 Å². The highest BCUT2D eigenvalue weighted by atomic mass is 16.1. The Balaban J connectivity index is 1.94. The van der Waals surface area contributed by atoms with E-state index >= 15 is 0 Å². The van der Waals surface area contributed by atoms with E-state index < -0.39 is 0 Å².